The van der Waals surface area contributed by atoms with Gasteiger partial charge in [0.2, 0.25) is 11.9 Å². The van der Waals surface area contributed by atoms with E-state index in [1.165, 1.54) is 23.0 Å². The van der Waals surface area contributed by atoms with Crippen LogP contribution in [0.2, 0.25) is 0 Å². The van der Waals surface area contributed by atoms with Gasteiger partial charge in [-0.05, 0) is 64.0 Å². The van der Waals surface area contributed by atoms with Gasteiger partial charge in [-0.25, -0.2) is 14.5 Å². The fraction of sp³-hybridized carbons (Fsp3) is 0.519. The molecule has 3 aromatic heterocycles. The quantitative estimate of drug-likeness (QED) is 0.278. The van der Waals surface area contributed by atoms with Gasteiger partial charge in [0.25, 0.3) is 5.91 Å². The van der Waals surface area contributed by atoms with Gasteiger partial charge in [0.1, 0.15) is 5.82 Å². The molecule has 3 aromatic rings. The monoisotopic (exact) mass is 535 g/mol. The highest BCUT2D eigenvalue weighted by molar-refractivity contribution is 6.03. The van der Waals surface area contributed by atoms with Crippen molar-refractivity contribution in [1.29, 1.82) is 0 Å². The largest absolute Gasteiger partial charge is 0.379 e. The number of piperidine rings is 1. The first-order valence-electron chi connectivity index (χ1n) is 13.9. The lowest BCUT2D eigenvalue weighted by Gasteiger charge is -2.31. The van der Waals surface area contributed by atoms with E-state index in [2.05, 4.69) is 36.6 Å². The van der Waals surface area contributed by atoms with Crippen LogP contribution in [0.3, 0.4) is 0 Å². The summed E-state index contributed by atoms with van der Waals surface area (Å²) in [7, 11) is 0. The highest BCUT2D eigenvalue weighted by atomic mass is 19.1. The van der Waals surface area contributed by atoms with Crippen molar-refractivity contribution in [2.45, 2.75) is 69.5 Å². The summed E-state index contributed by atoms with van der Waals surface area (Å²) in [5.74, 6) is -0.233. The molecule has 0 bridgehead atoms. The summed E-state index contributed by atoms with van der Waals surface area (Å²) in [6, 6.07) is 5.42. The van der Waals surface area contributed by atoms with E-state index in [0.29, 0.717) is 23.2 Å². The Morgan fingerprint density at radius 1 is 0.974 bits per heavy atom. The standard InChI is InChI=1S/C27H34FN9O2/c28-23-12-20(9-11-30-23)35-27(39)22-15-31-25-21(32-17-3-4-17)13-24(36-37(22)25)33-18-5-7-19(8-6-18)34-26(38)16-2-1-10-29-14-16/h9,11-13,15-19,29,32H,1-8,10,14H2,(H,33,36)(H,34,38)(H,30,35,39)/t16?,18-,19-. The molecule has 39 heavy (non-hydrogen) atoms. The van der Waals surface area contributed by atoms with E-state index < -0.39 is 11.9 Å². The van der Waals surface area contributed by atoms with E-state index in [4.69, 9.17) is 5.10 Å². The van der Waals surface area contributed by atoms with Crippen LogP contribution in [0.4, 0.5) is 21.6 Å². The van der Waals surface area contributed by atoms with E-state index in [-0.39, 0.29) is 29.6 Å². The first-order chi connectivity index (χ1) is 19.0. The molecule has 6 rings (SSSR count). The minimum Gasteiger partial charge on any atom is -0.379 e. The molecule has 3 fully saturated rings. The molecule has 0 radical (unpaired) electrons. The molecule has 0 spiro atoms. The Hall–Kier alpha value is -3.80. The molecule has 12 heteroatoms. The number of pyridine rings is 1. The Morgan fingerprint density at radius 3 is 2.49 bits per heavy atom. The molecule has 2 amide bonds. The lowest BCUT2D eigenvalue weighted by molar-refractivity contribution is -0.126. The third-order valence-corrected chi connectivity index (χ3v) is 7.71. The summed E-state index contributed by atoms with van der Waals surface area (Å²) in [5, 5.41) is 21.0. The molecule has 2 saturated carbocycles. The molecule has 11 nitrogen and oxygen atoms in total. The average molecular weight is 536 g/mol. The molecule has 1 aliphatic heterocycles. The zero-order chi connectivity index (χ0) is 26.8. The minimum atomic E-state index is -0.674. The van der Waals surface area contributed by atoms with Crippen molar-refractivity contribution in [1.82, 2.24) is 30.2 Å². The molecule has 2 aliphatic carbocycles. The van der Waals surface area contributed by atoms with Crippen LogP contribution in [-0.2, 0) is 4.79 Å². The number of anilines is 3. The average Bonchev–Trinajstić information content (AvgIpc) is 3.65. The van der Waals surface area contributed by atoms with Gasteiger partial charge in [-0.3, -0.25) is 9.59 Å². The SMILES string of the molecule is O=C(Nc1ccnc(F)c1)c1cnc2c(NC3CC3)cc(N[C@H]3CC[C@H](NC(=O)C4CCCNC4)CC3)nn12. The number of amides is 2. The summed E-state index contributed by atoms with van der Waals surface area (Å²) in [4.78, 5) is 33.7. The number of hydrogen-bond acceptors (Lipinski definition) is 8. The van der Waals surface area contributed by atoms with Crippen molar-refractivity contribution in [3.8, 4) is 0 Å². The second-order valence-electron chi connectivity index (χ2n) is 10.8. The van der Waals surface area contributed by atoms with Gasteiger partial charge in [-0.15, -0.1) is 5.10 Å². The van der Waals surface area contributed by atoms with Crippen LogP contribution in [0.25, 0.3) is 5.65 Å². The molecule has 5 N–H and O–H groups in total. The number of carbonyl (C=O) groups is 2. The number of nitrogens with zero attached hydrogens (tertiary/aromatic N) is 4. The molecule has 1 saturated heterocycles. The van der Waals surface area contributed by atoms with Gasteiger partial charge in [0.15, 0.2) is 11.3 Å². The van der Waals surface area contributed by atoms with Crippen molar-refractivity contribution >= 4 is 34.7 Å². The first-order valence-corrected chi connectivity index (χ1v) is 13.9. The number of hydrogen-bond donors (Lipinski definition) is 5. The third kappa shape index (κ3) is 6.11. The van der Waals surface area contributed by atoms with Gasteiger partial charge < -0.3 is 26.6 Å². The van der Waals surface area contributed by atoms with Crippen LogP contribution in [0.5, 0.6) is 0 Å². The summed E-state index contributed by atoms with van der Waals surface area (Å²) in [6.07, 6.45) is 10.6. The predicted molar refractivity (Wildman–Crippen MR) is 145 cm³/mol. The normalized spacial score (nSPS) is 23.3. The zero-order valence-corrected chi connectivity index (χ0v) is 21.8. The fourth-order valence-electron chi connectivity index (χ4n) is 5.41. The van der Waals surface area contributed by atoms with E-state index >= 15 is 0 Å². The third-order valence-electron chi connectivity index (χ3n) is 7.71. The van der Waals surface area contributed by atoms with Crippen molar-refractivity contribution < 1.29 is 14.0 Å². The summed E-state index contributed by atoms with van der Waals surface area (Å²) in [5.41, 5.74) is 1.91. The molecule has 4 heterocycles. The first kappa shape index (κ1) is 25.5. The van der Waals surface area contributed by atoms with Crippen molar-refractivity contribution in [2.75, 3.05) is 29.0 Å². The van der Waals surface area contributed by atoms with Crippen molar-refractivity contribution in [2.24, 2.45) is 5.92 Å². The van der Waals surface area contributed by atoms with Crippen LogP contribution < -0.4 is 26.6 Å². The molecule has 3 aliphatic rings. The Balaban J connectivity index is 1.14. The number of imidazole rings is 1. The van der Waals surface area contributed by atoms with Gasteiger partial charge >= 0.3 is 0 Å². The van der Waals surface area contributed by atoms with E-state index in [0.717, 1.165) is 76.2 Å². The highest BCUT2D eigenvalue weighted by Gasteiger charge is 2.28. The second kappa shape index (κ2) is 11.1. The molecule has 0 aromatic carbocycles. The van der Waals surface area contributed by atoms with Crippen LogP contribution in [0, 0.1) is 11.9 Å². The van der Waals surface area contributed by atoms with E-state index in [1.807, 2.05) is 6.07 Å². The number of carbonyl (C=O) groups excluding carboxylic acids is 2. The fourth-order valence-corrected chi connectivity index (χ4v) is 5.41. The van der Waals surface area contributed by atoms with Crippen LogP contribution in [0.15, 0.2) is 30.6 Å². The molecular formula is C27H34FN9O2. The van der Waals surface area contributed by atoms with Gasteiger partial charge in [-0.2, -0.15) is 4.39 Å². The topological polar surface area (TPSA) is 137 Å². The summed E-state index contributed by atoms with van der Waals surface area (Å²) >= 11 is 0. The Bertz CT molecular complexity index is 1340. The number of fused-ring (bicyclic) bond motifs is 1. The predicted octanol–water partition coefficient (Wildman–Crippen LogP) is 2.93. The zero-order valence-electron chi connectivity index (χ0n) is 21.8. The van der Waals surface area contributed by atoms with Crippen molar-refractivity contribution in [3.63, 3.8) is 0 Å². The van der Waals surface area contributed by atoms with Gasteiger partial charge in [-0.1, -0.05) is 0 Å². The lowest BCUT2D eigenvalue weighted by Crippen LogP contribution is -2.46. The van der Waals surface area contributed by atoms with Crippen LogP contribution in [-0.4, -0.2) is 62.6 Å². The maximum absolute atomic E-state index is 13.5. The Morgan fingerprint density at radius 2 is 1.74 bits per heavy atom. The number of aromatic nitrogens is 4. The second-order valence-corrected chi connectivity index (χ2v) is 10.8. The summed E-state index contributed by atoms with van der Waals surface area (Å²) < 4.78 is 15.0. The molecule has 1 atom stereocenters. The highest BCUT2D eigenvalue weighted by Crippen LogP contribution is 2.30. The maximum atomic E-state index is 13.5. The lowest BCUT2D eigenvalue weighted by atomic mass is 9.90. The minimum absolute atomic E-state index is 0.0714. The van der Waals surface area contributed by atoms with Gasteiger partial charge in [0.05, 0.1) is 17.8 Å². The van der Waals surface area contributed by atoms with Gasteiger partial charge in [0, 0.05) is 48.7 Å². The van der Waals surface area contributed by atoms with E-state index in [9.17, 15) is 14.0 Å². The maximum Gasteiger partial charge on any atom is 0.276 e. The Kier molecular flexibility index (Phi) is 7.27. The van der Waals surface area contributed by atoms with Crippen LogP contribution >= 0.6 is 0 Å². The van der Waals surface area contributed by atoms with Crippen LogP contribution in [0.1, 0.15) is 61.9 Å². The molecular weight excluding hydrogens is 501 g/mol. The molecule has 1 unspecified atom stereocenters. The number of halogens is 1. The van der Waals surface area contributed by atoms with E-state index in [1.54, 1.807) is 0 Å². The molecule has 206 valence electrons. The summed E-state index contributed by atoms with van der Waals surface area (Å²) in [6.45, 7) is 1.76. The number of rotatable bonds is 8. The number of nitrogens with one attached hydrogen (secondary N) is 5. The Labute approximate surface area is 225 Å². The van der Waals surface area contributed by atoms with Crippen molar-refractivity contribution in [3.05, 3.63) is 42.2 Å². The smallest absolute Gasteiger partial charge is 0.276 e.